The van der Waals surface area contributed by atoms with E-state index in [4.69, 9.17) is 21.1 Å². The molecule has 5 nitrogen and oxygen atoms in total. The first-order valence-electron chi connectivity index (χ1n) is 7.56. The van der Waals surface area contributed by atoms with E-state index in [1.54, 1.807) is 32.6 Å². The Labute approximate surface area is 174 Å². The molecule has 0 bridgehead atoms. The van der Waals surface area contributed by atoms with Crippen LogP contribution in [-0.2, 0) is 13.0 Å². The van der Waals surface area contributed by atoms with E-state index in [1.165, 1.54) is 4.88 Å². The molecule has 0 atom stereocenters. The van der Waals surface area contributed by atoms with Crippen molar-refractivity contribution in [3.8, 4) is 11.5 Å². The lowest BCUT2D eigenvalue weighted by Gasteiger charge is -2.14. The van der Waals surface area contributed by atoms with Gasteiger partial charge in [0.1, 0.15) is 11.5 Å². The Morgan fingerprint density at radius 1 is 1.16 bits per heavy atom. The van der Waals surface area contributed by atoms with Gasteiger partial charge in [-0.05, 0) is 30.7 Å². The smallest absolute Gasteiger partial charge is 0.191 e. The predicted molar refractivity (Wildman–Crippen MR) is 116 cm³/mol. The highest BCUT2D eigenvalue weighted by Gasteiger charge is 2.06. The molecule has 1 aromatic carbocycles. The minimum Gasteiger partial charge on any atom is -0.497 e. The number of nitrogens with one attached hydrogen (secondary N) is 2. The van der Waals surface area contributed by atoms with Crippen LogP contribution in [0.1, 0.15) is 10.4 Å². The van der Waals surface area contributed by atoms with Crippen molar-refractivity contribution < 1.29 is 9.47 Å². The van der Waals surface area contributed by atoms with Crippen LogP contribution in [0.3, 0.4) is 0 Å². The summed E-state index contributed by atoms with van der Waals surface area (Å²) in [6, 6.07) is 9.73. The van der Waals surface area contributed by atoms with Crippen molar-refractivity contribution in [2.75, 3.05) is 27.8 Å². The molecule has 1 aromatic heterocycles. The van der Waals surface area contributed by atoms with Crippen molar-refractivity contribution in [3.05, 3.63) is 45.1 Å². The van der Waals surface area contributed by atoms with Gasteiger partial charge < -0.3 is 20.1 Å². The zero-order valence-electron chi connectivity index (χ0n) is 14.5. The molecule has 0 radical (unpaired) electrons. The Hall–Kier alpha value is -1.19. The maximum atomic E-state index is 5.94. The standard InChI is InChI=1S/C17H22ClN3O2S.HI/c1-19-17(20-9-8-14-6-7-16(18)24-14)21-11-12-4-5-13(22-2)10-15(12)23-3;/h4-7,10H,8-9,11H2,1-3H3,(H2,19,20,21);1H. The summed E-state index contributed by atoms with van der Waals surface area (Å²) in [6.45, 7) is 1.40. The summed E-state index contributed by atoms with van der Waals surface area (Å²) in [6.07, 6.45) is 0.907. The van der Waals surface area contributed by atoms with Crippen LogP contribution in [0.2, 0.25) is 4.34 Å². The van der Waals surface area contributed by atoms with Crippen molar-refractivity contribution >= 4 is 52.9 Å². The Bertz CT molecular complexity index is 694. The fraction of sp³-hybridized carbons (Fsp3) is 0.353. The number of rotatable bonds is 7. The maximum absolute atomic E-state index is 5.94. The van der Waals surface area contributed by atoms with Gasteiger partial charge in [0, 0.05) is 36.6 Å². The normalized spacial score (nSPS) is 10.8. The van der Waals surface area contributed by atoms with E-state index in [9.17, 15) is 0 Å². The molecule has 138 valence electrons. The van der Waals surface area contributed by atoms with Gasteiger partial charge in [-0.15, -0.1) is 35.3 Å². The lowest BCUT2D eigenvalue weighted by Crippen LogP contribution is -2.37. The highest BCUT2D eigenvalue weighted by molar-refractivity contribution is 14.0. The van der Waals surface area contributed by atoms with Crippen molar-refractivity contribution in [3.63, 3.8) is 0 Å². The molecule has 0 aliphatic carbocycles. The fourth-order valence-electron chi connectivity index (χ4n) is 2.19. The van der Waals surface area contributed by atoms with Crippen LogP contribution in [0.5, 0.6) is 11.5 Å². The SMILES string of the molecule is CN=C(NCCc1ccc(Cl)s1)NCc1ccc(OC)cc1OC.I. The number of hydrogen-bond acceptors (Lipinski definition) is 4. The Morgan fingerprint density at radius 3 is 2.56 bits per heavy atom. The van der Waals surface area contributed by atoms with Gasteiger partial charge in [0.05, 0.1) is 18.6 Å². The van der Waals surface area contributed by atoms with E-state index in [1.807, 2.05) is 30.3 Å². The topological polar surface area (TPSA) is 54.9 Å². The number of ether oxygens (including phenoxy) is 2. The summed E-state index contributed by atoms with van der Waals surface area (Å²) in [7, 11) is 5.04. The van der Waals surface area contributed by atoms with Gasteiger partial charge in [-0.2, -0.15) is 0 Å². The quantitative estimate of drug-likeness (QED) is 0.347. The minimum atomic E-state index is 0. The summed E-state index contributed by atoms with van der Waals surface area (Å²) in [5, 5.41) is 6.58. The van der Waals surface area contributed by atoms with E-state index in [2.05, 4.69) is 15.6 Å². The summed E-state index contributed by atoms with van der Waals surface area (Å²) < 4.78 is 11.4. The number of methoxy groups -OCH3 is 2. The predicted octanol–water partition coefficient (Wildman–Crippen LogP) is 3.94. The molecular formula is C17H23ClIN3O2S. The van der Waals surface area contributed by atoms with E-state index in [0.29, 0.717) is 6.54 Å². The van der Waals surface area contributed by atoms with E-state index in [-0.39, 0.29) is 24.0 Å². The Balaban J connectivity index is 0.00000312. The zero-order valence-corrected chi connectivity index (χ0v) is 18.4. The van der Waals surface area contributed by atoms with Gasteiger partial charge in [-0.1, -0.05) is 11.6 Å². The lowest BCUT2D eigenvalue weighted by molar-refractivity contribution is 0.390. The van der Waals surface area contributed by atoms with Crippen LogP contribution in [0, 0.1) is 0 Å². The van der Waals surface area contributed by atoms with Gasteiger partial charge in [-0.25, -0.2) is 0 Å². The summed E-state index contributed by atoms with van der Waals surface area (Å²) in [4.78, 5) is 5.48. The third-order valence-electron chi connectivity index (χ3n) is 3.46. The minimum absolute atomic E-state index is 0. The second kappa shape index (κ2) is 11.4. The summed E-state index contributed by atoms with van der Waals surface area (Å²) in [5.41, 5.74) is 1.03. The van der Waals surface area contributed by atoms with Gasteiger partial charge in [0.15, 0.2) is 5.96 Å². The van der Waals surface area contributed by atoms with E-state index < -0.39 is 0 Å². The van der Waals surface area contributed by atoms with E-state index in [0.717, 1.165) is 40.3 Å². The molecule has 0 aliphatic rings. The van der Waals surface area contributed by atoms with Gasteiger partial charge in [-0.3, -0.25) is 4.99 Å². The first kappa shape index (κ1) is 21.9. The summed E-state index contributed by atoms with van der Waals surface area (Å²) >= 11 is 7.54. The van der Waals surface area contributed by atoms with Crippen molar-refractivity contribution in [1.29, 1.82) is 0 Å². The molecule has 1 heterocycles. The highest BCUT2D eigenvalue weighted by Crippen LogP contribution is 2.24. The first-order chi connectivity index (χ1) is 11.7. The third kappa shape index (κ3) is 6.91. The molecule has 2 N–H and O–H groups in total. The average molecular weight is 496 g/mol. The second-order valence-electron chi connectivity index (χ2n) is 4.99. The van der Waals surface area contributed by atoms with Crippen LogP contribution < -0.4 is 20.1 Å². The fourth-order valence-corrected chi connectivity index (χ4v) is 3.27. The highest BCUT2D eigenvalue weighted by atomic mass is 127. The molecular weight excluding hydrogens is 473 g/mol. The molecule has 0 saturated carbocycles. The number of halogens is 2. The Morgan fingerprint density at radius 2 is 1.96 bits per heavy atom. The largest absolute Gasteiger partial charge is 0.497 e. The van der Waals surface area contributed by atoms with Gasteiger partial charge in [0.25, 0.3) is 0 Å². The van der Waals surface area contributed by atoms with Crippen LogP contribution in [0.4, 0.5) is 0 Å². The average Bonchev–Trinajstić information content (AvgIpc) is 3.03. The number of aliphatic imine (C=N–C) groups is 1. The Kier molecular flexibility index (Phi) is 9.99. The van der Waals surface area contributed by atoms with Gasteiger partial charge in [0.2, 0.25) is 0 Å². The van der Waals surface area contributed by atoms with Crippen molar-refractivity contribution in [2.45, 2.75) is 13.0 Å². The summed E-state index contributed by atoms with van der Waals surface area (Å²) in [5.74, 6) is 2.30. The number of guanidine groups is 1. The monoisotopic (exact) mass is 495 g/mol. The molecule has 0 aliphatic heterocycles. The van der Waals surface area contributed by atoms with Crippen LogP contribution in [0.25, 0.3) is 0 Å². The molecule has 0 unspecified atom stereocenters. The molecule has 0 amide bonds. The lowest BCUT2D eigenvalue weighted by atomic mass is 10.2. The van der Waals surface area contributed by atoms with Crippen molar-refractivity contribution in [2.24, 2.45) is 4.99 Å². The van der Waals surface area contributed by atoms with Crippen LogP contribution >= 0.6 is 46.9 Å². The zero-order chi connectivity index (χ0) is 17.4. The molecule has 0 fully saturated rings. The maximum Gasteiger partial charge on any atom is 0.191 e. The first-order valence-corrected chi connectivity index (χ1v) is 8.75. The number of nitrogens with zero attached hydrogens (tertiary/aromatic N) is 1. The molecule has 0 saturated heterocycles. The number of thiophene rings is 1. The van der Waals surface area contributed by atoms with Gasteiger partial charge >= 0.3 is 0 Å². The third-order valence-corrected chi connectivity index (χ3v) is 4.75. The molecule has 2 rings (SSSR count). The molecule has 2 aromatic rings. The van der Waals surface area contributed by atoms with Crippen molar-refractivity contribution in [1.82, 2.24) is 10.6 Å². The van der Waals surface area contributed by atoms with Crippen LogP contribution in [-0.4, -0.2) is 33.8 Å². The molecule has 8 heteroatoms. The van der Waals surface area contributed by atoms with Crippen LogP contribution in [0.15, 0.2) is 35.3 Å². The number of benzene rings is 1. The second-order valence-corrected chi connectivity index (χ2v) is 6.79. The van der Waals surface area contributed by atoms with E-state index >= 15 is 0 Å². The number of hydrogen-bond donors (Lipinski definition) is 2. The molecule has 25 heavy (non-hydrogen) atoms. The molecule has 0 spiro atoms.